The molecule has 0 aromatic rings. The van der Waals surface area contributed by atoms with Gasteiger partial charge < -0.3 is 0 Å². The summed E-state index contributed by atoms with van der Waals surface area (Å²) >= 11 is 0. The molecule has 0 spiro atoms. The van der Waals surface area contributed by atoms with Gasteiger partial charge in [0.2, 0.25) is 0 Å². The lowest BCUT2D eigenvalue weighted by atomic mass is 9.79. The lowest BCUT2D eigenvalue weighted by molar-refractivity contribution is 0.323. The zero-order chi connectivity index (χ0) is 9.45. The van der Waals surface area contributed by atoms with E-state index in [1.165, 1.54) is 19.3 Å². The van der Waals surface area contributed by atoms with Gasteiger partial charge in [0.05, 0.1) is 11.5 Å². The van der Waals surface area contributed by atoms with Gasteiger partial charge in [-0.15, -0.1) is 0 Å². The molecule has 0 bridgehead atoms. The molecule has 1 nitrogen and oxygen atoms in total. The van der Waals surface area contributed by atoms with Crippen LogP contribution in [0.5, 0.6) is 0 Å². The Hall–Kier alpha value is -0.510. The molecule has 0 aliphatic heterocycles. The highest BCUT2D eigenvalue weighted by atomic mass is 14.4. The summed E-state index contributed by atoms with van der Waals surface area (Å²) in [6.45, 7) is 6.45. The molecule has 70 valence electrons. The van der Waals surface area contributed by atoms with Crippen LogP contribution in [0.2, 0.25) is 0 Å². The zero-order valence-electron chi connectivity index (χ0n) is 8.69. The second kappa shape index (κ2) is 6.06. The Bertz CT molecular complexity index is 140. The fourth-order valence-electron chi connectivity index (χ4n) is 1.53. The highest BCUT2D eigenvalue weighted by Crippen LogP contribution is 2.31. The first kappa shape index (κ1) is 11.5. The molecule has 0 radical (unpaired) electrons. The number of unbranched alkanes of at least 4 members (excludes halogenated alkanes) is 2. The van der Waals surface area contributed by atoms with Gasteiger partial charge in [0.15, 0.2) is 0 Å². The number of nitriles is 1. The molecule has 0 aromatic heterocycles. The lowest BCUT2D eigenvalue weighted by Gasteiger charge is -2.22. The molecule has 0 amide bonds. The number of rotatable bonds is 6. The lowest BCUT2D eigenvalue weighted by Crippen LogP contribution is -2.15. The number of hydrogen-bond donors (Lipinski definition) is 0. The maximum Gasteiger partial charge on any atom is 0.0689 e. The molecule has 0 fully saturated rings. The summed E-state index contributed by atoms with van der Waals surface area (Å²) in [7, 11) is 0. The molecule has 0 saturated heterocycles. The van der Waals surface area contributed by atoms with Crippen LogP contribution < -0.4 is 0 Å². The van der Waals surface area contributed by atoms with Crippen LogP contribution in [0.4, 0.5) is 0 Å². The van der Waals surface area contributed by atoms with Gasteiger partial charge >= 0.3 is 0 Å². The van der Waals surface area contributed by atoms with E-state index in [4.69, 9.17) is 5.26 Å². The normalized spacial score (nSPS) is 11.2. The van der Waals surface area contributed by atoms with Gasteiger partial charge in [0.25, 0.3) is 0 Å². The minimum atomic E-state index is -0.0187. The Kier molecular flexibility index (Phi) is 5.80. The van der Waals surface area contributed by atoms with Crippen LogP contribution in [0.1, 0.15) is 59.3 Å². The number of nitrogens with zero attached hydrogens (tertiary/aromatic N) is 1. The third kappa shape index (κ3) is 3.26. The third-order valence-corrected chi connectivity index (χ3v) is 2.85. The van der Waals surface area contributed by atoms with Gasteiger partial charge in [-0.2, -0.15) is 5.26 Å². The summed E-state index contributed by atoms with van der Waals surface area (Å²) in [6, 6.07) is 2.47. The smallest absolute Gasteiger partial charge is 0.0689 e. The van der Waals surface area contributed by atoms with Crippen molar-refractivity contribution < 1.29 is 0 Å². The molecule has 1 heteroatoms. The average Bonchev–Trinajstić information content (AvgIpc) is 2.14. The molecular formula is C11H21N. The van der Waals surface area contributed by atoms with Gasteiger partial charge in [-0.3, -0.25) is 0 Å². The largest absolute Gasteiger partial charge is 0.198 e. The second-order valence-electron chi connectivity index (χ2n) is 3.56. The van der Waals surface area contributed by atoms with Gasteiger partial charge in [0.1, 0.15) is 0 Å². The maximum absolute atomic E-state index is 9.03. The van der Waals surface area contributed by atoms with Crippen molar-refractivity contribution in [2.75, 3.05) is 0 Å². The van der Waals surface area contributed by atoms with Gasteiger partial charge in [-0.25, -0.2) is 0 Å². The van der Waals surface area contributed by atoms with Crippen molar-refractivity contribution in [1.29, 1.82) is 5.26 Å². The van der Waals surface area contributed by atoms with E-state index in [9.17, 15) is 0 Å². The predicted molar refractivity (Wildman–Crippen MR) is 52.8 cm³/mol. The topological polar surface area (TPSA) is 23.8 Å². The predicted octanol–water partition coefficient (Wildman–Crippen LogP) is 3.90. The van der Waals surface area contributed by atoms with E-state index >= 15 is 0 Å². The van der Waals surface area contributed by atoms with Gasteiger partial charge in [-0.05, 0) is 19.3 Å². The summed E-state index contributed by atoms with van der Waals surface area (Å²) in [5, 5.41) is 9.03. The Balaban J connectivity index is 3.87. The molecule has 0 N–H and O–H groups in total. The second-order valence-corrected chi connectivity index (χ2v) is 3.56. The molecule has 0 atom stereocenters. The summed E-state index contributed by atoms with van der Waals surface area (Å²) in [6.07, 6.45) is 6.82. The maximum atomic E-state index is 9.03. The Morgan fingerprint density at radius 3 is 2.00 bits per heavy atom. The Morgan fingerprint density at radius 2 is 1.67 bits per heavy atom. The molecule has 0 saturated carbocycles. The van der Waals surface area contributed by atoms with Crippen LogP contribution in [-0.2, 0) is 0 Å². The first-order valence-electron chi connectivity index (χ1n) is 5.16. The summed E-state index contributed by atoms with van der Waals surface area (Å²) < 4.78 is 0. The molecule has 0 aliphatic rings. The molecule has 0 aromatic carbocycles. The Labute approximate surface area is 76.8 Å². The zero-order valence-corrected chi connectivity index (χ0v) is 8.69. The van der Waals surface area contributed by atoms with Crippen molar-refractivity contribution in [2.24, 2.45) is 5.41 Å². The van der Waals surface area contributed by atoms with E-state index in [1.54, 1.807) is 0 Å². The first-order chi connectivity index (χ1) is 5.74. The van der Waals surface area contributed by atoms with Crippen molar-refractivity contribution in [3.8, 4) is 6.07 Å². The number of hydrogen-bond acceptors (Lipinski definition) is 1. The minimum absolute atomic E-state index is 0.0187. The van der Waals surface area contributed by atoms with E-state index in [2.05, 4.69) is 26.8 Å². The van der Waals surface area contributed by atoms with Crippen LogP contribution in [0.15, 0.2) is 0 Å². The van der Waals surface area contributed by atoms with Gasteiger partial charge in [0, 0.05) is 0 Å². The van der Waals surface area contributed by atoms with E-state index in [-0.39, 0.29) is 5.41 Å². The quantitative estimate of drug-likeness (QED) is 0.550. The summed E-state index contributed by atoms with van der Waals surface area (Å²) in [4.78, 5) is 0. The fourth-order valence-corrected chi connectivity index (χ4v) is 1.53. The van der Waals surface area contributed by atoms with Crippen molar-refractivity contribution in [3.63, 3.8) is 0 Å². The van der Waals surface area contributed by atoms with Crippen LogP contribution in [0.25, 0.3) is 0 Å². The highest BCUT2D eigenvalue weighted by Gasteiger charge is 2.24. The van der Waals surface area contributed by atoms with E-state index in [1.807, 2.05) is 0 Å². The van der Waals surface area contributed by atoms with E-state index < -0.39 is 0 Å². The molecule has 0 rings (SSSR count). The van der Waals surface area contributed by atoms with E-state index in [0.717, 1.165) is 19.3 Å². The summed E-state index contributed by atoms with van der Waals surface area (Å²) in [5.74, 6) is 0. The standard InChI is InChI=1S/C11H21N/c1-4-7-8-9-11(5-2,6-3)10-12/h4-9H2,1-3H3. The SMILES string of the molecule is CCCCCC(C#N)(CC)CC. The third-order valence-electron chi connectivity index (χ3n) is 2.85. The highest BCUT2D eigenvalue weighted by molar-refractivity contribution is 4.96. The van der Waals surface area contributed by atoms with Crippen LogP contribution in [0, 0.1) is 16.7 Å². The van der Waals surface area contributed by atoms with Crippen LogP contribution in [-0.4, -0.2) is 0 Å². The van der Waals surface area contributed by atoms with Crippen LogP contribution in [0.3, 0.4) is 0 Å². The molecule has 0 aliphatic carbocycles. The van der Waals surface area contributed by atoms with Crippen molar-refractivity contribution >= 4 is 0 Å². The van der Waals surface area contributed by atoms with Crippen molar-refractivity contribution in [2.45, 2.75) is 59.3 Å². The monoisotopic (exact) mass is 167 g/mol. The first-order valence-corrected chi connectivity index (χ1v) is 5.16. The molecule has 0 heterocycles. The summed E-state index contributed by atoms with van der Waals surface area (Å²) in [5.41, 5.74) is -0.0187. The van der Waals surface area contributed by atoms with Crippen molar-refractivity contribution in [3.05, 3.63) is 0 Å². The molecule has 12 heavy (non-hydrogen) atoms. The van der Waals surface area contributed by atoms with Gasteiger partial charge in [-0.1, -0.05) is 40.0 Å². The molecular weight excluding hydrogens is 146 g/mol. The minimum Gasteiger partial charge on any atom is -0.198 e. The van der Waals surface area contributed by atoms with E-state index in [0.29, 0.717) is 0 Å². The molecule has 0 unspecified atom stereocenters. The van der Waals surface area contributed by atoms with Crippen molar-refractivity contribution in [1.82, 2.24) is 0 Å². The average molecular weight is 167 g/mol. The van der Waals surface area contributed by atoms with Crippen LogP contribution >= 0.6 is 0 Å². The fraction of sp³-hybridized carbons (Fsp3) is 0.909. The Morgan fingerprint density at radius 1 is 1.08 bits per heavy atom.